The van der Waals surface area contributed by atoms with Crippen LogP contribution >= 0.6 is 0 Å². The minimum Gasteiger partial charge on any atom is -0.330 e. The minimum atomic E-state index is 0.703. The molecule has 1 heterocycles. The largest absolute Gasteiger partial charge is 0.330 e. The lowest BCUT2D eigenvalue weighted by molar-refractivity contribution is 0.515. The van der Waals surface area contributed by atoms with Gasteiger partial charge in [-0.25, -0.2) is 0 Å². The minimum absolute atomic E-state index is 0.703. The Kier molecular flexibility index (Phi) is 2.69. The van der Waals surface area contributed by atoms with Gasteiger partial charge >= 0.3 is 0 Å². The van der Waals surface area contributed by atoms with Crippen molar-refractivity contribution in [1.82, 2.24) is 5.32 Å². The van der Waals surface area contributed by atoms with E-state index < -0.39 is 0 Å². The van der Waals surface area contributed by atoms with Gasteiger partial charge < -0.3 is 11.1 Å². The second-order valence-electron chi connectivity index (χ2n) is 3.48. The molecule has 2 nitrogen and oxygen atoms in total. The van der Waals surface area contributed by atoms with Crippen LogP contribution in [0, 0.1) is 5.92 Å². The lowest BCUT2D eigenvalue weighted by Gasteiger charge is -2.05. The molecule has 0 amide bonds. The van der Waals surface area contributed by atoms with E-state index in [2.05, 4.69) is 19.2 Å². The van der Waals surface area contributed by atoms with Crippen molar-refractivity contribution < 1.29 is 0 Å². The highest BCUT2D eigenvalue weighted by Gasteiger charge is 2.30. The van der Waals surface area contributed by atoms with Gasteiger partial charge in [-0.1, -0.05) is 6.92 Å². The monoisotopic (exact) mass is 142 g/mol. The van der Waals surface area contributed by atoms with Gasteiger partial charge in [0.2, 0.25) is 0 Å². The van der Waals surface area contributed by atoms with Crippen molar-refractivity contribution in [2.45, 2.75) is 38.8 Å². The summed E-state index contributed by atoms with van der Waals surface area (Å²) in [6.07, 6.45) is 2.58. The van der Waals surface area contributed by atoms with Crippen LogP contribution in [0.1, 0.15) is 26.7 Å². The normalized spacial score (nSPS) is 33.9. The zero-order valence-corrected chi connectivity index (χ0v) is 6.93. The first kappa shape index (κ1) is 8.02. The summed E-state index contributed by atoms with van der Waals surface area (Å²) >= 11 is 0. The summed E-state index contributed by atoms with van der Waals surface area (Å²) in [7, 11) is 0. The fourth-order valence-electron chi connectivity index (χ4n) is 1.20. The molecule has 0 aliphatic carbocycles. The summed E-state index contributed by atoms with van der Waals surface area (Å²) in [6.45, 7) is 5.28. The molecule has 60 valence electrons. The molecule has 0 bridgehead atoms. The molecule has 1 fully saturated rings. The molecule has 10 heavy (non-hydrogen) atoms. The molecule has 3 atom stereocenters. The number of nitrogens with two attached hydrogens (primary N) is 1. The maximum Gasteiger partial charge on any atom is 0.0221 e. The van der Waals surface area contributed by atoms with E-state index in [1.807, 2.05) is 0 Å². The van der Waals surface area contributed by atoms with Gasteiger partial charge in [-0.15, -0.1) is 0 Å². The average molecular weight is 142 g/mol. The zero-order chi connectivity index (χ0) is 7.56. The average Bonchev–Trinajstić information content (AvgIpc) is 2.61. The highest BCUT2D eigenvalue weighted by atomic mass is 15.1. The Balaban J connectivity index is 1.95. The Morgan fingerprint density at radius 3 is 2.60 bits per heavy atom. The van der Waals surface area contributed by atoms with E-state index in [-0.39, 0.29) is 0 Å². The summed E-state index contributed by atoms with van der Waals surface area (Å²) in [6, 6.07) is 1.57. The molecule has 0 aromatic rings. The third-order valence-electron chi connectivity index (χ3n) is 2.34. The Labute approximate surface area is 63.2 Å². The second kappa shape index (κ2) is 3.35. The van der Waals surface area contributed by atoms with Crippen LogP contribution in [0.3, 0.4) is 0 Å². The van der Waals surface area contributed by atoms with Gasteiger partial charge in [0.25, 0.3) is 0 Å². The summed E-state index contributed by atoms with van der Waals surface area (Å²) < 4.78 is 0. The van der Waals surface area contributed by atoms with Gasteiger partial charge in [0.05, 0.1) is 0 Å². The van der Waals surface area contributed by atoms with Crippen LogP contribution in [0.5, 0.6) is 0 Å². The number of rotatable bonds is 4. The molecule has 1 saturated heterocycles. The molecule has 0 aromatic heterocycles. The number of hydrogen-bond acceptors (Lipinski definition) is 2. The van der Waals surface area contributed by atoms with E-state index in [0.29, 0.717) is 5.92 Å². The molecule has 3 N–H and O–H groups in total. The second-order valence-corrected chi connectivity index (χ2v) is 3.48. The maximum atomic E-state index is 5.49. The Hall–Kier alpha value is -0.0800. The van der Waals surface area contributed by atoms with E-state index >= 15 is 0 Å². The topological polar surface area (TPSA) is 48.0 Å². The zero-order valence-electron chi connectivity index (χ0n) is 6.93. The molecule has 3 unspecified atom stereocenters. The van der Waals surface area contributed by atoms with Crippen LogP contribution in [-0.2, 0) is 0 Å². The lowest BCUT2D eigenvalue weighted by atomic mass is 10.0. The molecule has 0 saturated carbocycles. The van der Waals surface area contributed by atoms with Gasteiger partial charge in [0.15, 0.2) is 0 Å². The van der Waals surface area contributed by atoms with Crippen LogP contribution in [-0.4, -0.2) is 18.6 Å². The van der Waals surface area contributed by atoms with E-state index in [1.165, 1.54) is 12.8 Å². The van der Waals surface area contributed by atoms with Gasteiger partial charge in [0, 0.05) is 12.1 Å². The van der Waals surface area contributed by atoms with Gasteiger partial charge in [0.1, 0.15) is 0 Å². The smallest absolute Gasteiger partial charge is 0.0221 e. The Morgan fingerprint density at radius 1 is 1.60 bits per heavy atom. The van der Waals surface area contributed by atoms with Crippen LogP contribution in [0.25, 0.3) is 0 Å². The number of nitrogens with one attached hydrogen (secondary N) is 1. The van der Waals surface area contributed by atoms with Crippen molar-refractivity contribution in [1.29, 1.82) is 0 Å². The summed E-state index contributed by atoms with van der Waals surface area (Å²) in [5, 5.41) is 3.37. The fraction of sp³-hybridized carbons (Fsp3) is 1.00. The molecule has 1 rings (SSSR count). The van der Waals surface area contributed by atoms with Crippen molar-refractivity contribution in [3.63, 3.8) is 0 Å². The SMILES string of the molecule is CC(CN)CCC1NC1C. The van der Waals surface area contributed by atoms with Gasteiger partial charge in [-0.3, -0.25) is 0 Å². The Morgan fingerprint density at radius 2 is 2.20 bits per heavy atom. The highest BCUT2D eigenvalue weighted by molar-refractivity contribution is 4.93. The lowest BCUT2D eigenvalue weighted by Crippen LogP contribution is -2.11. The fourth-order valence-corrected chi connectivity index (χ4v) is 1.20. The van der Waals surface area contributed by atoms with Crippen LogP contribution in [0.2, 0.25) is 0 Å². The van der Waals surface area contributed by atoms with Crippen molar-refractivity contribution in [3.05, 3.63) is 0 Å². The number of hydrogen-bond donors (Lipinski definition) is 2. The third kappa shape index (κ3) is 2.27. The van der Waals surface area contributed by atoms with E-state index in [9.17, 15) is 0 Å². The van der Waals surface area contributed by atoms with Crippen LogP contribution in [0.15, 0.2) is 0 Å². The van der Waals surface area contributed by atoms with E-state index in [1.54, 1.807) is 0 Å². The van der Waals surface area contributed by atoms with Crippen molar-refractivity contribution in [2.24, 2.45) is 11.7 Å². The first-order valence-electron chi connectivity index (χ1n) is 4.20. The predicted octanol–water partition coefficient (Wildman–Crippen LogP) is 0.722. The van der Waals surface area contributed by atoms with E-state index in [4.69, 9.17) is 5.73 Å². The first-order chi connectivity index (χ1) is 4.74. The van der Waals surface area contributed by atoms with Crippen molar-refractivity contribution in [3.8, 4) is 0 Å². The Bertz CT molecular complexity index is 99.4. The molecular weight excluding hydrogens is 124 g/mol. The molecular formula is C8H18N2. The van der Waals surface area contributed by atoms with Crippen LogP contribution < -0.4 is 11.1 Å². The molecule has 1 aliphatic heterocycles. The first-order valence-corrected chi connectivity index (χ1v) is 4.20. The van der Waals surface area contributed by atoms with Crippen molar-refractivity contribution >= 4 is 0 Å². The third-order valence-corrected chi connectivity index (χ3v) is 2.34. The highest BCUT2D eigenvalue weighted by Crippen LogP contribution is 2.17. The van der Waals surface area contributed by atoms with Crippen LogP contribution in [0.4, 0.5) is 0 Å². The molecule has 0 radical (unpaired) electrons. The molecule has 1 aliphatic rings. The predicted molar refractivity (Wildman–Crippen MR) is 43.8 cm³/mol. The summed E-state index contributed by atoms with van der Waals surface area (Å²) in [5.74, 6) is 0.703. The van der Waals surface area contributed by atoms with E-state index in [0.717, 1.165) is 18.6 Å². The molecule has 0 aromatic carbocycles. The quantitative estimate of drug-likeness (QED) is 0.568. The van der Waals surface area contributed by atoms with Gasteiger partial charge in [-0.05, 0) is 32.2 Å². The van der Waals surface area contributed by atoms with Crippen molar-refractivity contribution in [2.75, 3.05) is 6.54 Å². The molecule has 0 spiro atoms. The summed E-state index contributed by atoms with van der Waals surface area (Å²) in [4.78, 5) is 0. The standard InChI is InChI=1S/C8H18N2/c1-6(5-9)3-4-8-7(2)10-8/h6-8,10H,3-5,9H2,1-2H3. The van der Waals surface area contributed by atoms with Gasteiger partial charge in [-0.2, -0.15) is 0 Å². The molecule has 2 heteroatoms. The summed E-state index contributed by atoms with van der Waals surface area (Å²) in [5.41, 5.74) is 5.49. The maximum absolute atomic E-state index is 5.49.